The molecule has 5 heteroatoms. The molecule has 1 aliphatic rings. The molecule has 1 aromatic heterocycles. The number of H-pyrrole nitrogens is 1. The molecule has 2 heterocycles. The number of hydrogen-bond donors (Lipinski definition) is 2. The van der Waals surface area contributed by atoms with Crippen molar-refractivity contribution in [2.24, 2.45) is 0 Å². The van der Waals surface area contributed by atoms with Crippen LogP contribution in [0.15, 0.2) is 23.1 Å². The lowest BCUT2D eigenvalue weighted by atomic mass is 10.1. The van der Waals surface area contributed by atoms with Crippen LogP contribution >= 0.6 is 0 Å². The normalized spacial score (nSPS) is 24.7. The third kappa shape index (κ3) is 2.74. The third-order valence-corrected chi connectivity index (χ3v) is 2.88. The molecule has 2 N–H and O–H groups in total. The van der Waals surface area contributed by atoms with Gasteiger partial charge in [-0.15, -0.1) is 0 Å². The van der Waals surface area contributed by atoms with Crippen LogP contribution in [0.1, 0.15) is 24.2 Å². The second-order valence-electron chi connectivity index (χ2n) is 4.62. The number of rotatable bonds is 1. The summed E-state index contributed by atoms with van der Waals surface area (Å²) in [6.45, 7) is 5.51. The first-order valence-electron chi connectivity index (χ1n) is 5.80. The summed E-state index contributed by atoms with van der Waals surface area (Å²) >= 11 is 0. The van der Waals surface area contributed by atoms with Crippen LogP contribution < -0.4 is 10.9 Å². The zero-order valence-corrected chi connectivity index (χ0v) is 10.1. The molecule has 2 atom stereocenters. The highest BCUT2D eigenvalue weighted by Crippen LogP contribution is 2.08. The second-order valence-corrected chi connectivity index (χ2v) is 4.62. The molecule has 0 aromatic carbocycles. The summed E-state index contributed by atoms with van der Waals surface area (Å²) in [6.07, 6.45) is 1.47. The van der Waals surface area contributed by atoms with Gasteiger partial charge in [-0.25, -0.2) is 0 Å². The van der Waals surface area contributed by atoms with Gasteiger partial charge in [0.25, 0.3) is 5.91 Å². The average Bonchev–Trinajstić information content (AvgIpc) is 2.28. The van der Waals surface area contributed by atoms with E-state index >= 15 is 0 Å². The predicted molar refractivity (Wildman–Crippen MR) is 65.0 cm³/mol. The Morgan fingerprint density at radius 3 is 2.47 bits per heavy atom. The van der Waals surface area contributed by atoms with Crippen LogP contribution in [0, 0.1) is 0 Å². The van der Waals surface area contributed by atoms with Gasteiger partial charge in [0.1, 0.15) is 0 Å². The maximum atomic E-state index is 12.2. The summed E-state index contributed by atoms with van der Waals surface area (Å²) < 4.78 is 0. The summed E-state index contributed by atoms with van der Waals surface area (Å²) in [6, 6.07) is 3.54. The van der Waals surface area contributed by atoms with Gasteiger partial charge >= 0.3 is 0 Å². The summed E-state index contributed by atoms with van der Waals surface area (Å²) in [5, 5.41) is 3.37. The smallest absolute Gasteiger partial charge is 0.255 e. The molecule has 2 rings (SSSR count). The van der Waals surface area contributed by atoms with E-state index in [0.717, 1.165) is 0 Å². The van der Waals surface area contributed by atoms with Crippen molar-refractivity contribution in [1.82, 2.24) is 15.2 Å². The van der Waals surface area contributed by atoms with E-state index in [4.69, 9.17) is 0 Å². The summed E-state index contributed by atoms with van der Waals surface area (Å²) in [5.74, 6) is -0.0264. The Labute approximate surface area is 99.8 Å². The van der Waals surface area contributed by atoms with Crippen molar-refractivity contribution in [3.8, 4) is 0 Å². The number of aromatic amines is 1. The Hall–Kier alpha value is -1.62. The minimum atomic E-state index is -0.191. The molecular formula is C12H17N3O2. The van der Waals surface area contributed by atoms with Gasteiger partial charge in [0.2, 0.25) is 5.56 Å². The Kier molecular flexibility index (Phi) is 3.28. The van der Waals surface area contributed by atoms with Gasteiger partial charge in [0.05, 0.1) is 5.56 Å². The molecule has 1 saturated heterocycles. The molecule has 17 heavy (non-hydrogen) atoms. The molecule has 1 amide bonds. The number of carbonyl (C=O) groups is 1. The zero-order chi connectivity index (χ0) is 12.4. The van der Waals surface area contributed by atoms with E-state index in [1.165, 1.54) is 12.3 Å². The second kappa shape index (κ2) is 4.71. The topological polar surface area (TPSA) is 65.2 Å². The number of nitrogens with one attached hydrogen (secondary N) is 2. The minimum absolute atomic E-state index is 0.0264. The fourth-order valence-electron chi connectivity index (χ4n) is 2.22. The summed E-state index contributed by atoms with van der Waals surface area (Å²) in [5.41, 5.74) is 0.342. The number of hydrogen-bond acceptors (Lipinski definition) is 3. The van der Waals surface area contributed by atoms with Crippen LogP contribution in [-0.4, -0.2) is 41.0 Å². The van der Waals surface area contributed by atoms with Crippen molar-refractivity contribution in [3.05, 3.63) is 34.2 Å². The van der Waals surface area contributed by atoms with Crippen molar-refractivity contribution in [1.29, 1.82) is 0 Å². The number of carbonyl (C=O) groups excluding carboxylic acids is 1. The first-order chi connectivity index (χ1) is 8.06. The van der Waals surface area contributed by atoms with E-state index in [1.54, 1.807) is 6.07 Å². The molecule has 5 nitrogen and oxygen atoms in total. The lowest BCUT2D eigenvalue weighted by Crippen LogP contribution is -2.55. The van der Waals surface area contributed by atoms with Gasteiger partial charge in [-0.1, -0.05) is 0 Å². The highest BCUT2D eigenvalue weighted by molar-refractivity contribution is 5.94. The van der Waals surface area contributed by atoms with E-state index in [9.17, 15) is 9.59 Å². The average molecular weight is 235 g/mol. The molecule has 0 unspecified atom stereocenters. The van der Waals surface area contributed by atoms with Crippen molar-refractivity contribution >= 4 is 5.91 Å². The van der Waals surface area contributed by atoms with E-state index < -0.39 is 0 Å². The molecule has 1 fully saturated rings. The number of piperazine rings is 1. The Morgan fingerprint density at radius 2 is 1.94 bits per heavy atom. The van der Waals surface area contributed by atoms with Crippen molar-refractivity contribution in [2.45, 2.75) is 25.9 Å². The van der Waals surface area contributed by atoms with Crippen LogP contribution in [0.2, 0.25) is 0 Å². The van der Waals surface area contributed by atoms with E-state index in [0.29, 0.717) is 30.7 Å². The molecule has 92 valence electrons. The molecule has 0 radical (unpaired) electrons. The third-order valence-electron chi connectivity index (χ3n) is 2.88. The quantitative estimate of drug-likeness (QED) is 0.730. The zero-order valence-electron chi connectivity index (χ0n) is 10.1. The van der Waals surface area contributed by atoms with E-state index in [2.05, 4.69) is 24.1 Å². The Morgan fingerprint density at radius 1 is 1.29 bits per heavy atom. The maximum Gasteiger partial charge on any atom is 0.255 e. The monoisotopic (exact) mass is 235 g/mol. The van der Waals surface area contributed by atoms with Gasteiger partial charge in [-0.05, 0) is 19.9 Å². The maximum absolute atomic E-state index is 12.2. The molecule has 0 spiro atoms. The van der Waals surface area contributed by atoms with Gasteiger partial charge in [-0.3, -0.25) is 9.59 Å². The molecule has 0 saturated carbocycles. The fourth-order valence-corrected chi connectivity index (χ4v) is 2.22. The molecular weight excluding hydrogens is 218 g/mol. The van der Waals surface area contributed by atoms with Crippen LogP contribution in [0.3, 0.4) is 0 Å². The number of amides is 1. The highest BCUT2D eigenvalue weighted by Gasteiger charge is 2.25. The van der Waals surface area contributed by atoms with Gasteiger partial charge in [0.15, 0.2) is 0 Å². The van der Waals surface area contributed by atoms with Gasteiger partial charge in [0, 0.05) is 37.4 Å². The minimum Gasteiger partial charge on any atom is -0.335 e. The van der Waals surface area contributed by atoms with Gasteiger partial charge in [-0.2, -0.15) is 0 Å². The predicted octanol–water partition coefficient (Wildman–Crippen LogP) is 0.197. The number of aromatic nitrogens is 1. The molecule has 0 aliphatic carbocycles. The molecule has 0 bridgehead atoms. The van der Waals surface area contributed by atoms with E-state index in [1.807, 2.05) is 4.90 Å². The Bertz CT molecular complexity index is 439. The van der Waals surface area contributed by atoms with E-state index in [-0.39, 0.29) is 11.5 Å². The van der Waals surface area contributed by atoms with Crippen molar-refractivity contribution in [3.63, 3.8) is 0 Å². The Balaban J connectivity index is 2.14. The highest BCUT2D eigenvalue weighted by atomic mass is 16.2. The summed E-state index contributed by atoms with van der Waals surface area (Å²) in [7, 11) is 0. The lowest BCUT2D eigenvalue weighted by Gasteiger charge is -2.36. The summed E-state index contributed by atoms with van der Waals surface area (Å²) in [4.78, 5) is 27.5. The van der Waals surface area contributed by atoms with Crippen LogP contribution in [0.5, 0.6) is 0 Å². The fraction of sp³-hybridized carbons (Fsp3) is 0.500. The van der Waals surface area contributed by atoms with Gasteiger partial charge < -0.3 is 15.2 Å². The SMILES string of the molecule is C[C@H]1CN(C(=O)c2ccc(=O)[nH]c2)C[C@H](C)N1. The first kappa shape index (κ1) is 11.9. The lowest BCUT2D eigenvalue weighted by molar-refractivity contribution is 0.0673. The van der Waals surface area contributed by atoms with Crippen LogP contribution in [0.25, 0.3) is 0 Å². The van der Waals surface area contributed by atoms with Crippen molar-refractivity contribution < 1.29 is 4.79 Å². The molecule has 1 aliphatic heterocycles. The van der Waals surface area contributed by atoms with Crippen molar-refractivity contribution in [2.75, 3.05) is 13.1 Å². The molecule has 1 aromatic rings. The number of pyridine rings is 1. The van der Waals surface area contributed by atoms with Crippen LogP contribution in [0.4, 0.5) is 0 Å². The first-order valence-corrected chi connectivity index (χ1v) is 5.80. The largest absolute Gasteiger partial charge is 0.335 e. The van der Waals surface area contributed by atoms with Crippen LogP contribution in [-0.2, 0) is 0 Å². The number of nitrogens with zero attached hydrogens (tertiary/aromatic N) is 1. The standard InChI is InChI=1S/C12H17N3O2/c1-8-6-15(7-9(2)14-8)12(17)10-3-4-11(16)13-5-10/h3-5,8-9,14H,6-7H2,1-2H3,(H,13,16)/t8-,9-/m0/s1.